The summed E-state index contributed by atoms with van der Waals surface area (Å²) in [6.45, 7) is 6.19. The Hall–Kier alpha value is -2.01. The van der Waals surface area contributed by atoms with Crippen molar-refractivity contribution in [1.29, 1.82) is 0 Å². The predicted molar refractivity (Wildman–Crippen MR) is 116 cm³/mol. The molecule has 2 N–H and O–H groups in total. The zero-order valence-corrected chi connectivity index (χ0v) is 17.1. The van der Waals surface area contributed by atoms with Crippen molar-refractivity contribution in [2.45, 2.75) is 64.0 Å². The first-order valence-electron chi connectivity index (χ1n) is 11.1. The summed E-state index contributed by atoms with van der Waals surface area (Å²) in [5.74, 6) is 1.95. The molecule has 1 aromatic heterocycles. The van der Waals surface area contributed by atoms with E-state index in [1.54, 1.807) is 0 Å². The molecule has 5 nitrogen and oxygen atoms in total. The van der Waals surface area contributed by atoms with Crippen molar-refractivity contribution in [3.05, 3.63) is 36.1 Å². The van der Waals surface area contributed by atoms with Gasteiger partial charge in [0.15, 0.2) is 5.96 Å². The monoisotopic (exact) mass is 382 g/mol. The van der Waals surface area contributed by atoms with E-state index >= 15 is 0 Å². The molecule has 2 aliphatic rings. The van der Waals surface area contributed by atoms with E-state index in [-0.39, 0.29) is 0 Å². The number of nitrogens with zero attached hydrogens (tertiary/aromatic N) is 2. The van der Waals surface area contributed by atoms with E-state index < -0.39 is 0 Å². The van der Waals surface area contributed by atoms with Crippen molar-refractivity contribution in [2.75, 3.05) is 26.2 Å². The van der Waals surface area contributed by atoms with Crippen LogP contribution >= 0.6 is 0 Å². The van der Waals surface area contributed by atoms with E-state index in [0.29, 0.717) is 6.04 Å². The quantitative estimate of drug-likeness (QED) is 0.587. The molecule has 1 saturated carbocycles. The van der Waals surface area contributed by atoms with Gasteiger partial charge >= 0.3 is 0 Å². The van der Waals surface area contributed by atoms with Crippen LogP contribution in [0.3, 0.4) is 0 Å². The SMILES string of the molecule is CCNC(=NCCc1cc2ccccc2o1)NC1CCN(C2CCCC2)CC1. The molecule has 4 rings (SSSR count). The first-order chi connectivity index (χ1) is 13.8. The number of piperidine rings is 1. The lowest BCUT2D eigenvalue weighted by molar-refractivity contribution is 0.150. The van der Waals surface area contributed by atoms with Crippen LogP contribution in [0.5, 0.6) is 0 Å². The Morgan fingerprint density at radius 2 is 1.93 bits per heavy atom. The molecule has 2 aromatic rings. The Kier molecular flexibility index (Phi) is 6.53. The van der Waals surface area contributed by atoms with Crippen LogP contribution in [-0.4, -0.2) is 49.1 Å². The van der Waals surface area contributed by atoms with Gasteiger partial charge in [-0.25, -0.2) is 0 Å². The molecule has 1 aliphatic heterocycles. The Balaban J connectivity index is 1.27. The number of benzene rings is 1. The van der Waals surface area contributed by atoms with E-state index in [2.05, 4.69) is 34.6 Å². The molecule has 1 aromatic carbocycles. The van der Waals surface area contributed by atoms with Gasteiger partial charge in [0.05, 0.1) is 0 Å². The van der Waals surface area contributed by atoms with Crippen molar-refractivity contribution < 1.29 is 4.42 Å². The number of likely N-dealkylation sites (tertiary alicyclic amines) is 1. The van der Waals surface area contributed by atoms with Gasteiger partial charge in [-0.2, -0.15) is 0 Å². The fourth-order valence-electron chi connectivity index (χ4n) is 4.63. The summed E-state index contributed by atoms with van der Waals surface area (Å²) < 4.78 is 5.90. The molecule has 0 amide bonds. The fraction of sp³-hybridized carbons (Fsp3) is 0.609. The van der Waals surface area contributed by atoms with Gasteiger partial charge in [0.2, 0.25) is 0 Å². The second kappa shape index (κ2) is 9.46. The average Bonchev–Trinajstić information content (AvgIpc) is 3.38. The van der Waals surface area contributed by atoms with E-state index in [1.165, 1.54) is 57.0 Å². The van der Waals surface area contributed by atoms with Crippen LogP contribution in [0.15, 0.2) is 39.7 Å². The van der Waals surface area contributed by atoms with Crippen molar-refractivity contribution in [2.24, 2.45) is 4.99 Å². The number of guanidine groups is 1. The molecule has 2 heterocycles. The van der Waals surface area contributed by atoms with Crippen LogP contribution in [-0.2, 0) is 6.42 Å². The van der Waals surface area contributed by atoms with Gasteiger partial charge in [0.1, 0.15) is 11.3 Å². The highest BCUT2D eigenvalue weighted by Gasteiger charge is 2.27. The summed E-state index contributed by atoms with van der Waals surface area (Å²) in [7, 11) is 0. The maximum Gasteiger partial charge on any atom is 0.191 e. The van der Waals surface area contributed by atoms with E-state index in [1.807, 2.05) is 18.2 Å². The third-order valence-corrected chi connectivity index (χ3v) is 6.16. The number of nitrogens with one attached hydrogen (secondary N) is 2. The summed E-state index contributed by atoms with van der Waals surface area (Å²) in [4.78, 5) is 7.51. The molecule has 28 heavy (non-hydrogen) atoms. The summed E-state index contributed by atoms with van der Waals surface area (Å²) >= 11 is 0. The standard InChI is InChI=1S/C23H34N4O/c1-2-24-23(25-14-11-21-17-18-7-3-6-10-22(18)28-21)26-19-12-15-27(16-13-19)20-8-4-5-9-20/h3,6-7,10,17,19-20H,2,4-5,8-9,11-16H2,1H3,(H2,24,25,26). The smallest absolute Gasteiger partial charge is 0.191 e. The molecule has 152 valence electrons. The van der Waals surface area contributed by atoms with Crippen LogP contribution in [0.4, 0.5) is 0 Å². The molecule has 5 heteroatoms. The highest BCUT2D eigenvalue weighted by atomic mass is 16.3. The lowest BCUT2D eigenvalue weighted by atomic mass is 10.0. The lowest BCUT2D eigenvalue weighted by Gasteiger charge is -2.36. The Morgan fingerprint density at radius 1 is 1.14 bits per heavy atom. The minimum Gasteiger partial charge on any atom is -0.461 e. The van der Waals surface area contributed by atoms with Crippen LogP contribution in [0.1, 0.15) is 51.2 Å². The molecule has 0 radical (unpaired) electrons. The summed E-state index contributed by atoms with van der Waals surface area (Å²) in [5.41, 5.74) is 0.959. The Labute approximate surface area is 168 Å². The second-order valence-corrected chi connectivity index (χ2v) is 8.15. The minimum atomic E-state index is 0.529. The van der Waals surface area contributed by atoms with Crippen LogP contribution in [0, 0.1) is 0 Å². The first-order valence-corrected chi connectivity index (χ1v) is 11.1. The Bertz CT molecular complexity index is 737. The largest absolute Gasteiger partial charge is 0.461 e. The third kappa shape index (κ3) is 4.88. The molecule has 0 spiro atoms. The zero-order valence-electron chi connectivity index (χ0n) is 17.1. The van der Waals surface area contributed by atoms with Gasteiger partial charge in [-0.1, -0.05) is 31.0 Å². The first kappa shape index (κ1) is 19.3. The number of rotatable bonds is 6. The molecule has 0 bridgehead atoms. The molecular formula is C23H34N4O. The number of fused-ring (bicyclic) bond motifs is 1. The van der Waals surface area contributed by atoms with Gasteiger partial charge in [-0.15, -0.1) is 0 Å². The number of furan rings is 1. The lowest BCUT2D eigenvalue weighted by Crippen LogP contribution is -2.50. The van der Waals surface area contributed by atoms with Gasteiger partial charge < -0.3 is 20.0 Å². The molecule has 0 atom stereocenters. The zero-order chi connectivity index (χ0) is 19.2. The van der Waals surface area contributed by atoms with E-state index in [4.69, 9.17) is 9.41 Å². The normalized spacial score (nSPS) is 20.1. The molecule has 1 saturated heterocycles. The molecule has 1 aliphatic carbocycles. The number of hydrogen-bond acceptors (Lipinski definition) is 3. The van der Waals surface area contributed by atoms with Crippen molar-refractivity contribution in [1.82, 2.24) is 15.5 Å². The van der Waals surface area contributed by atoms with E-state index in [0.717, 1.165) is 42.9 Å². The van der Waals surface area contributed by atoms with Crippen LogP contribution in [0.2, 0.25) is 0 Å². The van der Waals surface area contributed by atoms with E-state index in [9.17, 15) is 0 Å². The highest BCUT2D eigenvalue weighted by molar-refractivity contribution is 5.80. The molecule has 2 fully saturated rings. The number of aliphatic imine (C=N–C) groups is 1. The van der Waals surface area contributed by atoms with Crippen molar-refractivity contribution in [3.63, 3.8) is 0 Å². The van der Waals surface area contributed by atoms with Crippen LogP contribution in [0.25, 0.3) is 11.0 Å². The molecule has 0 unspecified atom stereocenters. The minimum absolute atomic E-state index is 0.529. The average molecular weight is 383 g/mol. The van der Waals surface area contributed by atoms with Gasteiger partial charge in [-0.05, 0) is 44.7 Å². The van der Waals surface area contributed by atoms with Crippen molar-refractivity contribution in [3.8, 4) is 0 Å². The van der Waals surface area contributed by atoms with Crippen molar-refractivity contribution >= 4 is 16.9 Å². The van der Waals surface area contributed by atoms with Gasteiger partial charge in [0, 0.05) is 50.1 Å². The predicted octanol–water partition coefficient (Wildman–Crippen LogP) is 3.94. The number of para-hydroxylation sites is 1. The highest BCUT2D eigenvalue weighted by Crippen LogP contribution is 2.26. The summed E-state index contributed by atoms with van der Waals surface area (Å²) in [6, 6.07) is 11.7. The maximum absolute atomic E-state index is 5.90. The topological polar surface area (TPSA) is 52.8 Å². The Morgan fingerprint density at radius 3 is 2.68 bits per heavy atom. The third-order valence-electron chi connectivity index (χ3n) is 6.16. The summed E-state index contributed by atoms with van der Waals surface area (Å²) in [5, 5.41) is 8.23. The maximum atomic E-state index is 5.90. The second-order valence-electron chi connectivity index (χ2n) is 8.15. The summed E-state index contributed by atoms with van der Waals surface area (Å²) in [6.07, 6.45) is 8.91. The van der Waals surface area contributed by atoms with Gasteiger partial charge in [-0.3, -0.25) is 4.99 Å². The van der Waals surface area contributed by atoms with Gasteiger partial charge in [0.25, 0.3) is 0 Å². The van der Waals surface area contributed by atoms with Crippen LogP contribution < -0.4 is 10.6 Å². The number of hydrogen-bond donors (Lipinski definition) is 2. The fourth-order valence-corrected chi connectivity index (χ4v) is 4.63. The molecular weight excluding hydrogens is 348 g/mol.